The Kier molecular flexibility index (Phi) is 8.15. The maximum absolute atomic E-state index is 14.9. The SMILES string of the molecule is CCCOc1ccc(C(O)=C2C(=O)C(=O)N(CCCN3CCOCC3)[C@@H]2c2ccccc2F)cc1. The maximum atomic E-state index is 14.9. The van der Waals surface area contributed by atoms with Crippen molar-refractivity contribution in [1.29, 1.82) is 0 Å². The number of benzene rings is 2. The molecule has 2 aliphatic heterocycles. The topological polar surface area (TPSA) is 79.3 Å². The minimum absolute atomic E-state index is 0.103. The van der Waals surface area contributed by atoms with Crippen LogP contribution < -0.4 is 4.74 Å². The van der Waals surface area contributed by atoms with Crippen molar-refractivity contribution in [3.05, 3.63) is 71.0 Å². The molecule has 0 radical (unpaired) electrons. The summed E-state index contributed by atoms with van der Waals surface area (Å²) in [6, 6.07) is 11.7. The molecule has 2 aromatic rings. The summed E-state index contributed by atoms with van der Waals surface area (Å²) >= 11 is 0. The van der Waals surface area contributed by atoms with Crippen molar-refractivity contribution in [1.82, 2.24) is 9.80 Å². The Labute approximate surface area is 204 Å². The Morgan fingerprint density at radius 3 is 2.49 bits per heavy atom. The van der Waals surface area contributed by atoms with Crippen LogP contribution in [0.5, 0.6) is 5.75 Å². The number of aliphatic hydroxyl groups is 1. The van der Waals surface area contributed by atoms with E-state index < -0.39 is 23.5 Å². The first kappa shape index (κ1) is 24.9. The highest BCUT2D eigenvalue weighted by Crippen LogP contribution is 2.40. The standard InChI is InChI=1S/C27H31FN2O5/c1-2-16-35-20-10-8-19(9-11-20)25(31)23-24(21-6-3-4-7-22(21)28)30(27(33)26(23)32)13-5-12-29-14-17-34-18-15-29/h3-4,6-11,24,31H,2,5,12-18H2,1H3/t24-/m1/s1. The zero-order valence-corrected chi connectivity index (χ0v) is 19.9. The molecule has 1 N–H and O–H groups in total. The van der Waals surface area contributed by atoms with E-state index in [1.165, 1.54) is 11.0 Å². The van der Waals surface area contributed by atoms with Crippen LogP contribution in [0.3, 0.4) is 0 Å². The highest BCUT2D eigenvalue weighted by Gasteiger charge is 2.46. The number of likely N-dealkylation sites (tertiary alicyclic amines) is 1. The molecule has 2 aliphatic rings. The van der Waals surface area contributed by atoms with Crippen molar-refractivity contribution in [3.63, 3.8) is 0 Å². The fourth-order valence-electron chi connectivity index (χ4n) is 4.50. The first-order chi connectivity index (χ1) is 17.0. The van der Waals surface area contributed by atoms with E-state index >= 15 is 0 Å². The molecule has 2 fully saturated rings. The molecule has 0 spiro atoms. The van der Waals surface area contributed by atoms with Gasteiger partial charge < -0.3 is 19.5 Å². The Morgan fingerprint density at radius 2 is 1.80 bits per heavy atom. The van der Waals surface area contributed by atoms with Crippen LogP contribution in [-0.2, 0) is 14.3 Å². The number of morpholine rings is 1. The van der Waals surface area contributed by atoms with Crippen LogP contribution in [0.2, 0.25) is 0 Å². The highest BCUT2D eigenvalue weighted by atomic mass is 19.1. The number of aliphatic hydroxyl groups excluding tert-OH is 1. The Balaban J connectivity index is 1.64. The minimum Gasteiger partial charge on any atom is -0.507 e. The molecule has 2 saturated heterocycles. The molecular formula is C27H31FN2O5. The van der Waals surface area contributed by atoms with Crippen molar-refractivity contribution >= 4 is 17.4 Å². The van der Waals surface area contributed by atoms with Gasteiger partial charge in [-0.3, -0.25) is 14.5 Å². The van der Waals surface area contributed by atoms with Crippen LogP contribution in [0.15, 0.2) is 54.1 Å². The van der Waals surface area contributed by atoms with Gasteiger partial charge in [-0.2, -0.15) is 0 Å². The first-order valence-corrected chi connectivity index (χ1v) is 12.1. The van der Waals surface area contributed by atoms with Gasteiger partial charge in [0.1, 0.15) is 17.3 Å². The average Bonchev–Trinajstić information content (AvgIpc) is 3.13. The molecule has 0 aromatic heterocycles. The van der Waals surface area contributed by atoms with Crippen molar-refractivity contribution in [2.24, 2.45) is 0 Å². The van der Waals surface area contributed by atoms with Crippen molar-refractivity contribution in [2.75, 3.05) is 46.0 Å². The molecule has 8 heteroatoms. The first-order valence-electron chi connectivity index (χ1n) is 12.1. The molecule has 2 heterocycles. The van der Waals surface area contributed by atoms with E-state index in [1.807, 2.05) is 6.92 Å². The lowest BCUT2D eigenvalue weighted by Crippen LogP contribution is -2.39. The van der Waals surface area contributed by atoms with E-state index in [0.717, 1.165) is 26.1 Å². The molecule has 0 bridgehead atoms. The van der Waals surface area contributed by atoms with Gasteiger partial charge in [0.25, 0.3) is 11.7 Å². The van der Waals surface area contributed by atoms with Gasteiger partial charge in [0.05, 0.1) is 31.4 Å². The highest BCUT2D eigenvalue weighted by molar-refractivity contribution is 6.46. The largest absolute Gasteiger partial charge is 0.507 e. The summed E-state index contributed by atoms with van der Waals surface area (Å²) in [7, 11) is 0. The Hall–Kier alpha value is -3.23. The molecule has 1 atom stereocenters. The normalized spacial score (nSPS) is 20.4. The molecule has 0 saturated carbocycles. The van der Waals surface area contributed by atoms with Crippen molar-refractivity contribution in [2.45, 2.75) is 25.8 Å². The van der Waals surface area contributed by atoms with E-state index in [2.05, 4.69) is 4.90 Å². The number of hydrogen-bond acceptors (Lipinski definition) is 6. The van der Waals surface area contributed by atoms with E-state index in [-0.39, 0.29) is 23.4 Å². The van der Waals surface area contributed by atoms with E-state index in [9.17, 15) is 19.1 Å². The fraction of sp³-hybridized carbons (Fsp3) is 0.407. The quantitative estimate of drug-likeness (QED) is 0.333. The second kappa shape index (κ2) is 11.5. The van der Waals surface area contributed by atoms with Gasteiger partial charge in [0, 0.05) is 37.3 Å². The van der Waals surface area contributed by atoms with Gasteiger partial charge in [-0.25, -0.2) is 4.39 Å². The number of amides is 1. The monoisotopic (exact) mass is 482 g/mol. The lowest BCUT2D eigenvalue weighted by Gasteiger charge is -2.29. The summed E-state index contributed by atoms with van der Waals surface area (Å²) in [6.07, 6.45) is 1.47. The summed E-state index contributed by atoms with van der Waals surface area (Å²) in [5, 5.41) is 11.1. The zero-order chi connectivity index (χ0) is 24.8. The zero-order valence-electron chi connectivity index (χ0n) is 19.9. The van der Waals surface area contributed by atoms with Crippen LogP contribution in [-0.4, -0.2) is 72.6 Å². The molecule has 0 aliphatic carbocycles. The van der Waals surface area contributed by atoms with Crippen molar-refractivity contribution < 1.29 is 28.6 Å². The predicted molar refractivity (Wildman–Crippen MR) is 130 cm³/mol. The van der Waals surface area contributed by atoms with E-state index in [4.69, 9.17) is 9.47 Å². The molecular weight excluding hydrogens is 451 g/mol. The van der Waals surface area contributed by atoms with Gasteiger partial charge in [-0.1, -0.05) is 25.1 Å². The van der Waals surface area contributed by atoms with Crippen molar-refractivity contribution in [3.8, 4) is 5.75 Å². The predicted octanol–water partition coefficient (Wildman–Crippen LogP) is 3.76. The molecule has 7 nitrogen and oxygen atoms in total. The summed E-state index contributed by atoms with van der Waals surface area (Å²) in [5.41, 5.74) is 0.442. The van der Waals surface area contributed by atoms with Crippen LogP contribution >= 0.6 is 0 Å². The number of hydrogen-bond donors (Lipinski definition) is 1. The van der Waals surface area contributed by atoms with E-state index in [1.54, 1.807) is 42.5 Å². The number of carbonyl (C=O) groups is 2. The summed E-state index contributed by atoms with van der Waals surface area (Å²) in [6.45, 7) is 6.53. The summed E-state index contributed by atoms with van der Waals surface area (Å²) in [4.78, 5) is 29.8. The van der Waals surface area contributed by atoms with Crippen LogP contribution in [0, 0.1) is 5.82 Å². The van der Waals surface area contributed by atoms with Crippen LogP contribution in [0.1, 0.15) is 36.9 Å². The third-order valence-corrected chi connectivity index (χ3v) is 6.32. The molecule has 186 valence electrons. The number of halogens is 1. The number of rotatable bonds is 9. The second-order valence-corrected chi connectivity index (χ2v) is 8.69. The second-order valence-electron chi connectivity index (χ2n) is 8.69. The lowest BCUT2D eigenvalue weighted by molar-refractivity contribution is -0.140. The third-order valence-electron chi connectivity index (χ3n) is 6.32. The molecule has 2 aromatic carbocycles. The smallest absolute Gasteiger partial charge is 0.295 e. The number of ketones is 1. The average molecular weight is 483 g/mol. The van der Waals surface area contributed by atoms with Gasteiger partial charge in [0.15, 0.2) is 0 Å². The molecule has 4 rings (SSSR count). The van der Waals surface area contributed by atoms with E-state index in [0.29, 0.717) is 37.6 Å². The number of ether oxygens (including phenoxy) is 2. The van der Waals surface area contributed by atoms with Gasteiger partial charge in [-0.05, 0) is 43.2 Å². The molecule has 35 heavy (non-hydrogen) atoms. The lowest BCUT2D eigenvalue weighted by atomic mass is 9.95. The van der Waals surface area contributed by atoms with Gasteiger partial charge in [-0.15, -0.1) is 0 Å². The third kappa shape index (κ3) is 5.55. The van der Waals surface area contributed by atoms with Crippen LogP contribution in [0.25, 0.3) is 5.76 Å². The number of carbonyl (C=O) groups excluding carboxylic acids is 2. The fourth-order valence-corrected chi connectivity index (χ4v) is 4.50. The molecule has 0 unspecified atom stereocenters. The number of nitrogens with zero attached hydrogens (tertiary/aromatic N) is 2. The van der Waals surface area contributed by atoms with Gasteiger partial charge in [0.2, 0.25) is 0 Å². The summed E-state index contributed by atoms with van der Waals surface area (Å²) in [5.74, 6) is -1.77. The minimum atomic E-state index is -1.00. The molecule has 1 amide bonds. The summed E-state index contributed by atoms with van der Waals surface area (Å²) < 4.78 is 25.9. The van der Waals surface area contributed by atoms with Gasteiger partial charge >= 0.3 is 0 Å². The Bertz CT molecular complexity index is 1080. The van der Waals surface area contributed by atoms with Crippen LogP contribution in [0.4, 0.5) is 4.39 Å². The Morgan fingerprint density at radius 1 is 1.09 bits per heavy atom. The number of Topliss-reactive ketones (excluding diaryl/α,β-unsaturated/α-hetero) is 1. The maximum Gasteiger partial charge on any atom is 0.295 e.